The van der Waals surface area contributed by atoms with E-state index in [2.05, 4.69) is 223 Å². The molecule has 0 amide bonds. The van der Waals surface area contributed by atoms with E-state index < -0.39 is 0 Å². The third-order valence-electron chi connectivity index (χ3n) is 10.9. The third-order valence-corrected chi connectivity index (χ3v) is 10.9. The highest BCUT2D eigenvalue weighted by Gasteiger charge is 2.10. The summed E-state index contributed by atoms with van der Waals surface area (Å²) in [7, 11) is 10.0. The molecule has 0 bridgehead atoms. The van der Waals surface area contributed by atoms with Crippen LogP contribution in [-0.4, -0.2) is 87.7 Å². The molecule has 0 radical (unpaired) electrons. The summed E-state index contributed by atoms with van der Waals surface area (Å²) in [4.78, 5) is 11.0. The SMILES string of the molecule is CCN1CCN(C)CC1.CCc1ccc(C)cc1.CCc1ccc(CC)cc1.CCc1ncc(C)o1.CNCc1ccc(C)cc1.COCc1ccc(C)cc1.Cc1ccc(CN(C)C)cc1. The summed E-state index contributed by atoms with van der Waals surface area (Å²) in [6.07, 6.45) is 6.04. The van der Waals surface area contributed by atoms with Gasteiger partial charge in [-0.2, -0.15) is 0 Å². The minimum absolute atomic E-state index is 0.709. The zero-order chi connectivity index (χ0) is 49.8. The number of methoxy groups -OCH3 is 1. The third kappa shape index (κ3) is 30.2. The summed E-state index contributed by atoms with van der Waals surface area (Å²) in [5.74, 6) is 1.71. The lowest BCUT2D eigenvalue weighted by atomic mass is 10.1. The van der Waals surface area contributed by atoms with E-state index in [1.54, 1.807) is 13.3 Å². The van der Waals surface area contributed by atoms with Gasteiger partial charge in [-0.15, -0.1) is 0 Å². The molecule has 1 aliphatic rings. The van der Waals surface area contributed by atoms with Crippen molar-refractivity contribution in [2.45, 2.75) is 115 Å². The molecule has 1 N–H and O–H groups in total. The summed E-state index contributed by atoms with van der Waals surface area (Å²) >= 11 is 0. The molecule has 2 heterocycles. The minimum Gasteiger partial charge on any atom is -0.446 e. The maximum Gasteiger partial charge on any atom is 0.194 e. The van der Waals surface area contributed by atoms with Crippen molar-refractivity contribution in [1.82, 2.24) is 25.0 Å². The maximum absolute atomic E-state index is 5.12. The number of oxazole rings is 1. The number of aryl methyl sites for hydroxylation is 9. The lowest BCUT2D eigenvalue weighted by Crippen LogP contribution is -2.44. The molecule has 0 unspecified atom stereocenters. The van der Waals surface area contributed by atoms with Crippen LogP contribution in [0.1, 0.15) is 102 Å². The molecule has 7 rings (SSSR count). The van der Waals surface area contributed by atoms with Crippen LogP contribution in [0.5, 0.6) is 0 Å². The highest BCUT2D eigenvalue weighted by atomic mass is 16.5. The van der Waals surface area contributed by atoms with Crippen molar-refractivity contribution >= 4 is 0 Å². The van der Waals surface area contributed by atoms with Gasteiger partial charge in [0.2, 0.25) is 0 Å². The number of nitrogens with one attached hydrogen (secondary N) is 1. The van der Waals surface area contributed by atoms with Crippen molar-refractivity contribution in [3.63, 3.8) is 0 Å². The molecule has 1 aliphatic heterocycles. The van der Waals surface area contributed by atoms with Gasteiger partial charge in [0.25, 0.3) is 0 Å². The maximum atomic E-state index is 5.12. The molecule has 0 spiro atoms. The molecule has 368 valence electrons. The van der Waals surface area contributed by atoms with Crippen LogP contribution in [0.15, 0.2) is 132 Å². The van der Waals surface area contributed by atoms with E-state index in [0.29, 0.717) is 6.61 Å². The molecule has 0 saturated carbocycles. The van der Waals surface area contributed by atoms with Crippen molar-refractivity contribution in [2.75, 3.05) is 68.0 Å². The summed E-state index contributed by atoms with van der Waals surface area (Å²) in [5, 5.41) is 3.10. The van der Waals surface area contributed by atoms with Gasteiger partial charge in [-0.1, -0.05) is 178 Å². The van der Waals surface area contributed by atoms with Gasteiger partial charge >= 0.3 is 0 Å². The first-order valence-electron chi connectivity index (χ1n) is 24.6. The van der Waals surface area contributed by atoms with E-state index in [0.717, 1.165) is 50.4 Å². The lowest BCUT2D eigenvalue weighted by Gasteiger charge is -2.31. The zero-order valence-electron chi connectivity index (χ0n) is 44.7. The second kappa shape index (κ2) is 37.1. The van der Waals surface area contributed by atoms with Crippen LogP contribution in [0, 0.1) is 34.6 Å². The number of ether oxygens (including phenoxy) is 1. The van der Waals surface area contributed by atoms with E-state index >= 15 is 0 Å². The van der Waals surface area contributed by atoms with Gasteiger partial charge in [0.15, 0.2) is 5.89 Å². The standard InChI is InChI=1S/C10H15N.C10H14.C9H13N.C9H12O.C9H12.C7H16N2.C6H9NO/c1-9-4-6-10(7-5-9)8-11(2)3;1-3-9-5-7-10(4-2)8-6-9;2*1-8-3-5-9(6-4-8)7-10-2;2*1-3-9-6-4-8(2)5-7-9;1-3-6-7-4-5(2)8-6/h4-7H,8H2,1-3H3;5-8H,3-4H2,1-2H3;3-6,10H,7H2,1-2H3;3-6H,7H2,1-2H3;4-7H,3H2,1-2H3;3-7H2,1-2H3;4H,3H2,1-2H3. The normalized spacial score (nSPS) is 11.9. The smallest absolute Gasteiger partial charge is 0.194 e. The number of rotatable bonds is 11. The van der Waals surface area contributed by atoms with Gasteiger partial charge < -0.3 is 29.2 Å². The van der Waals surface area contributed by atoms with Crippen molar-refractivity contribution in [1.29, 1.82) is 0 Å². The number of aromatic nitrogens is 1. The molecule has 1 fully saturated rings. The molecule has 67 heavy (non-hydrogen) atoms. The van der Waals surface area contributed by atoms with E-state index in [9.17, 15) is 0 Å². The largest absolute Gasteiger partial charge is 0.446 e. The number of likely N-dealkylation sites (N-methyl/N-ethyl adjacent to an activating group) is 2. The van der Waals surface area contributed by atoms with Crippen molar-refractivity contribution < 1.29 is 9.15 Å². The van der Waals surface area contributed by atoms with Crippen molar-refractivity contribution in [3.05, 3.63) is 195 Å². The van der Waals surface area contributed by atoms with Crippen LogP contribution >= 0.6 is 0 Å². The Bertz CT molecular complexity index is 1960. The number of hydrogen-bond acceptors (Lipinski definition) is 7. The van der Waals surface area contributed by atoms with E-state index in [1.807, 2.05) is 20.9 Å². The Balaban J connectivity index is 0.000000392. The van der Waals surface area contributed by atoms with Gasteiger partial charge in [-0.25, -0.2) is 4.98 Å². The fourth-order valence-electron chi connectivity index (χ4n) is 6.38. The highest BCUT2D eigenvalue weighted by Crippen LogP contribution is 2.07. The number of benzene rings is 5. The highest BCUT2D eigenvalue weighted by molar-refractivity contribution is 5.24. The fourth-order valence-corrected chi connectivity index (χ4v) is 6.38. The van der Waals surface area contributed by atoms with Gasteiger partial charge in [0.05, 0.1) is 12.8 Å². The molecule has 5 aromatic carbocycles. The van der Waals surface area contributed by atoms with Gasteiger partial charge in [-0.05, 0) is 122 Å². The monoisotopic (exact) mass is 914 g/mol. The summed E-state index contributed by atoms with van der Waals surface area (Å²) < 4.78 is 10.1. The predicted molar refractivity (Wildman–Crippen MR) is 290 cm³/mol. The summed E-state index contributed by atoms with van der Waals surface area (Å²) in [6.45, 7) is 30.0. The topological polar surface area (TPSA) is 57.0 Å². The van der Waals surface area contributed by atoms with Crippen LogP contribution in [-0.2, 0) is 50.1 Å². The average Bonchev–Trinajstić information content (AvgIpc) is 3.78. The number of nitrogens with zero attached hydrogens (tertiary/aromatic N) is 4. The van der Waals surface area contributed by atoms with Crippen LogP contribution in [0.3, 0.4) is 0 Å². The molecular weight excluding hydrogens is 823 g/mol. The Morgan fingerprint density at radius 1 is 0.537 bits per heavy atom. The summed E-state index contributed by atoms with van der Waals surface area (Å²) in [5.41, 5.74) is 13.5. The van der Waals surface area contributed by atoms with Crippen LogP contribution in [0.4, 0.5) is 0 Å². The Morgan fingerprint density at radius 2 is 0.910 bits per heavy atom. The molecule has 7 heteroatoms. The van der Waals surface area contributed by atoms with E-state index in [1.165, 1.54) is 88.4 Å². The second-order valence-electron chi connectivity index (χ2n) is 17.5. The van der Waals surface area contributed by atoms with Crippen LogP contribution < -0.4 is 5.32 Å². The zero-order valence-corrected chi connectivity index (χ0v) is 44.7. The Kier molecular flexibility index (Phi) is 33.3. The van der Waals surface area contributed by atoms with Crippen molar-refractivity contribution in [2.24, 2.45) is 0 Å². The van der Waals surface area contributed by atoms with E-state index in [4.69, 9.17) is 9.15 Å². The van der Waals surface area contributed by atoms with Crippen molar-refractivity contribution in [3.8, 4) is 0 Å². The number of piperazine rings is 1. The van der Waals surface area contributed by atoms with Gasteiger partial charge in [0, 0.05) is 52.8 Å². The quantitative estimate of drug-likeness (QED) is 0.139. The van der Waals surface area contributed by atoms with Crippen LogP contribution in [0.25, 0.3) is 0 Å². The van der Waals surface area contributed by atoms with Crippen LogP contribution in [0.2, 0.25) is 0 Å². The Morgan fingerprint density at radius 3 is 1.21 bits per heavy atom. The molecule has 7 nitrogen and oxygen atoms in total. The predicted octanol–water partition coefficient (Wildman–Crippen LogP) is 13.1. The molecular formula is C60H91N5O2. The minimum atomic E-state index is 0.709. The number of hydrogen-bond donors (Lipinski definition) is 1. The summed E-state index contributed by atoms with van der Waals surface area (Å²) in [6, 6.07) is 43.0. The lowest BCUT2D eigenvalue weighted by molar-refractivity contribution is 0.160. The Labute approximate surface area is 410 Å². The van der Waals surface area contributed by atoms with Gasteiger partial charge in [0.1, 0.15) is 5.76 Å². The Hall–Kier alpha value is -4.89. The molecule has 1 aromatic heterocycles. The van der Waals surface area contributed by atoms with E-state index in [-0.39, 0.29) is 0 Å². The first kappa shape index (κ1) is 60.1. The molecule has 1 saturated heterocycles. The molecule has 0 aliphatic carbocycles. The second-order valence-corrected chi connectivity index (χ2v) is 17.5. The molecule has 0 atom stereocenters. The average molecular weight is 914 g/mol. The first-order valence-corrected chi connectivity index (χ1v) is 24.6. The van der Waals surface area contributed by atoms with Gasteiger partial charge in [-0.3, -0.25) is 0 Å². The molecule has 6 aromatic rings. The fraction of sp³-hybridized carbons (Fsp3) is 0.450. The first-order chi connectivity index (χ1) is 32.2.